The summed E-state index contributed by atoms with van der Waals surface area (Å²) in [6.45, 7) is 6.50. The fourth-order valence-corrected chi connectivity index (χ4v) is 1.14. The van der Waals surface area contributed by atoms with E-state index in [9.17, 15) is 0 Å². The Balaban J connectivity index is -0.000000257. The van der Waals surface area contributed by atoms with E-state index in [-0.39, 0.29) is 27.8 Å². The van der Waals surface area contributed by atoms with E-state index in [0.29, 0.717) is 5.92 Å². The molecule has 2 radical (unpaired) electrons. The van der Waals surface area contributed by atoms with Gasteiger partial charge in [0.1, 0.15) is 11.6 Å². The molecule has 1 heterocycles. The molecule has 16 heavy (non-hydrogen) atoms. The van der Waals surface area contributed by atoms with Crippen LogP contribution in [-0.4, -0.2) is 38.1 Å². The van der Waals surface area contributed by atoms with E-state index >= 15 is 0 Å². The van der Waals surface area contributed by atoms with E-state index in [1.54, 1.807) is 4.60 Å². The second-order valence-corrected chi connectivity index (χ2v) is 2.38. The van der Waals surface area contributed by atoms with E-state index in [1.807, 2.05) is 24.4 Å². The van der Waals surface area contributed by atoms with Crippen LogP contribution in [0.3, 0.4) is 0 Å². The van der Waals surface area contributed by atoms with Gasteiger partial charge >= 0.3 is 7.98 Å². The Bertz CT molecular complexity index is 312. The third-order valence-electron chi connectivity index (χ3n) is 1.61. The molecule has 0 saturated carbocycles. The number of carbonyl (C=O) groups excluding carboxylic acids is 2. The van der Waals surface area contributed by atoms with E-state index in [0.717, 1.165) is 5.71 Å². The van der Waals surface area contributed by atoms with Crippen molar-refractivity contribution in [3.8, 4) is 0 Å². The van der Waals surface area contributed by atoms with Crippen LogP contribution in [0.5, 0.6) is 0 Å². The molecule has 0 saturated heterocycles. The van der Waals surface area contributed by atoms with Crippen LogP contribution in [0.1, 0.15) is 0 Å². The smallest absolute Gasteiger partial charge is 0.545 e. The Hall–Kier alpha value is -1.11. The minimum absolute atomic E-state index is 0. The average molecular weight is 389 g/mol. The van der Waals surface area contributed by atoms with Crippen molar-refractivity contribution in [2.75, 3.05) is 0 Å². The summed E-state index contributed by atoms with van der Waals surface area (Å²) in [4.78, 5) is 15.5. The number of fused-ring (bicyclic) bond motifs is 1. The standard InChI is InChI=1S/C7H7BN2.2CHO.CH3.Re/c8-10-5-6-3-1-2-4-7(6)9-10;2*1-2;;/h1-6,8H;2*1H;1H3;/q+1;3*-1;. The fourth-order valence-electron chi connectivity index (χ4n) is 1.14. The van der Waals surface area contributed by atoms with E-state index in [4.69, 9.17) is 9.59 Å². The molecule has 0 aromatic carbocycles. The summed E-state index contributed by atoms with van der Waals surface area (Å²) in [6, 6.07) is 0. The minimum atomic E-state index is 0. The van der Waals surface area contributed by atoms with Gasteiger partial charge in [0.25, 0.3) is 0 Å². The van der Waals surface area contributed by atoms with Crippen molar-refractivity contribution in [3.63, 3.8) is 0 Å². The van der Waals surface area contributed by atoms with Gasteiger partial charge in [0.2, 0.25) is 0 Å². The maximum atomic E-state index is 7.75. The predicted octanol–water partition coefficient (Wildman–Crippen LogP) is -0.103. The fraction of sp³-hybridized carbons (Fsp3) is 0.100. The molecule has 0 aromatic heterocycles. The molecule has 1 aliphatic carbocycles. The molecule has 0 N–H and O–H groups in total. The van der Waals surface area contributed by atoms with Crippen LogP contribution in [0.15, 0.2) is 29.4 Å². The van der Waals surface area contributed by atoms with Crippen molar-refractivity contribution >= 4 is 33.5 Å². The van der Waals surface area contributed by atoms with Crippen LogP contribution in [0.4, 0.5) is 0 Å². The third kappa shape index (κ3) is 5.69. The first-order valence-corrected chi connectivity index (χ1v) is 3.71. The second-order valence-electron chi connectivity index (χ2n) is 2.38. The maximum Gasteiger partial charge on any atom is 0.547 e. The van der Waals surface area contributed by atoms with Gasteiger partial charge in [-0.15, -0.1) is 0 Å². The Morgan fingerprint density at radius 2 is 1.81 bits per heavy atom. The van der Waals surface area contributed by atoms with Gasteiger partial charge in [0.05, 0.1) is 0 Å². The summed E-state index contributed by atoms with van der Waals surface area (Å²) in [5.74, 6) is 0.363. The molecule has 86 valence electrons. The molecule has 6 heteroatoms. The molecule has 1 atom stereocenters. The van der Waals surface area contributed by atoms with Crippen molar-refractivity contribution < 1.29 is 34.6 Å². The van der Waals surface area contributed by atoms with Gasteiger partial charge in [-0.1, -0.05) is 18.2 Å². The number of hydrazone groups is 1. The summed E-state index contributed by atoms with van der Waals surface area (Å²) in [6.07, 6.45) is 10.1. The molecule has 0 aromatic rings. The number of nitrogens with zero attached hydrogens (tertiary/aromatic N) is 2. The monoisotopic (exact) mass is 390 g/mol. The average Bonchev–Trinajstić information content (AvgIpc) is 2.64. The molecule has 0 amide bonds. The molecule has 0 bridgehead atoms. The van der Waals surface area contributed by atoms with E-state index < -0.39 is 0 Å². The van der Waals surface area contributed by atoms with Gasteiger partial charge in [-0.25, -0.2) is 0 Å². The Morgan fingerprint density at radius 3 is 2.31 bits per heavy atom. The molecule has 0 spiro atoms. The van der Waals surface area contributed by atoms with Gasteiger partial charge in [0.15, 0.2) is 6.21 Å². The first-order valence-electron chi connectivity index (χ1n) is 3.71. The minimum Gasteiger partial charge on any atom is -0.545 e. The van der Waals surface area contributed by atoms with E-state index in [1.165, 1.54) is 0 Å². The molecular formula is C10H12BN2O2Re-2. The summed E-state index contributed by atoms with van der Waals surface area (Å²) in [5, 5.41) is 4.16. The van der Waals surface area contributed by atoms with Crippen molar-refractivity contribution in [3.05, 3.63) is 31.7 Å². The molecule has 2 rings (SSSR count). The zero-order valence-electron chi connectivity index (χ0n) is 8.91. The van der Waals surface area contributed by atoms with Crippen molar-refractivity contribution in [1.29, 1.82) is 0 Å². The predicted molar refractivity (Wildman–Crippen MR) is 62.6 cm³/mol. The van der Waals surface area contributed by atoms with Crippen LogP contribution < -0.4 is 0 Å². The van der Waals surface area contributed by atoms with Gasteiger partial charge < -0.3 is 17.0 Å². The number of allylic oxidation sites excluding steroid dienone is 4. The molecule has 1 aliphatic heterocycles. The first kappa shape index (κ1) is 20.3. The Kier molecular flexibility index (Phi) is 15.2. The summed E-state index contributed by atoms with van der Waals surface area (Å²) >= 11 is 0. The molecule has 1 unspecified atom stereocenters. The van der Waals surface area contributed by atoms with Crippen LogP contribution in [0.25, 0.3) is 0 Å². The first-order chi connectivity index (χ1) is 6.86. The SMILES string of the molecule is [BH][N+]1=CC2C=CC=CC2=N1.[CH-]=O.[CH-]=O.[CH3-].[Re]. The van der Waals surface area contributed by atoms with Crippen LogP contribution in [-0.2, 0) is 30.0 Å². The van der Waals surface area contributed by atoms with Gasteiger partial charge in [-0.05, 0) is 11.2 Å². The van der Waals surface area contributed by atoms with E-state index in [2.05, 4.69) is 32.7 Å². The van der Waals surface area contributed by atoms with Crippen molar-refractivity contribution in [2.24, 2.45) is 11.0 Å². The van der Waals surface area contributed by atoms with Gasteiger partial charge in [-0.3, -0.25) is 13.6 Å². The largest absolute Gasteiger partial charge is 0.547 e. The maximum absolute atomic E-state index is 7.75. The normalized spacial score (nSPS) is 17.9. The van der Waals surface area contributed by atoms with Crippen LogP contribution in [0, 0.1) is 13.3 Å². The zero-order valence-corrected chi connectivity index (χ0v) is 11.6. The molecule has 2 aliphatic rings. The second kappa shape index (κ2) is 12.0. The zero-order chi connectivity index (χ0) is 11.0. The topological polar surface area (TPSA) is 49.5 Å². The summed E-state index contributed by atoms with van der Waals surface area (Å²) < 4.78 is 1.61. The molecule has 0 fully saturated rings. The number of hydrogen-bond acceptors (Lipinski definition) is 3. The summed E-state index contributed by atoms with van der Waals surface area (Å²) in [7, 11) is 3.68. The van der Waals surface area contributed by atoms with Crippen LogP contribution >= 0.6 is 0 Å². The quantitative estimate of drug-likeness (QED) is 0.330. The number of hydrogen-bond donors (Lipinski definition) is 0. The van der Waals surface area contributed by atoms with Gasteiger partial charge in [0, 0.05) is 20.4 Å². The third-order valence-corrected chi connectivity index (χ3v) is 1.61. The van der Waals surface area contributed by atoms with Crippen LogP contribution in [0.2, 0.25) is 0 Å². The molecule has 4 nitrogen and oxygen atoms in total. The van der Waals surface area contributed by atoms with Crippen molar-refractivity contribution in [2.45, 2.75) is 0 Å². The van der Waals surface area contributed by atoms with Gasteiger partial charge in [-0.2, -0.15) is 4.60 Å². The summed E-state index contributed by atoms with van der Waals surface area (Å²) in [5.41, 5.74) is 1.08. The Morgan fingerprint density at radius 1 is 1.25 bits per heavy atom. The Labute approximate surface area is 111 Å². The number of rotatable bonds is 0. The van der Waals surface area contributed by atoms with Crippen molar-refractivity contribution in [1.82, 2.24) is 0 Å². The molecular weight excluding hydrogens is 377 g/mol.